The van der Waals surface area contributed by atoms with Gasteiger partial charge < -0.3 is 9.52 Å². The van der Waals surface area contributed by atoms with Gasteiger partial charge in [0.1, 0.15) is 6.10 Å². The highest BCUT2D eigenvalue weighted by Gasteiger charge is 2.20. The van der Waals surface area contributed by atoms with Crippen molar-refractivity contribution in [3.63, 3.8) is 0 Å². The predicted molar refractivity (Wildman–Crippen MR) is 59.8 cm³/mol. The molecule has 0 bridgehead atoms. The Morgan fingerprint density at radius 3 is 2.79 bits per heavy atom. The minimum atomic E-state index is -0.799. The van der Waals surface area contributed by atoms with Crippen LogP contribution < -0.4 is 0 Å². The topological polar surface area (TPSA) is 33.4 Å². The molecular formula is C9H6BrClO2S. The molecule has 2 aromatic heterocycles. The summed E-state index contributed by atoms with van der Waals surface area (Å²) in [5.74, 6) is 0.481. The van der Waals surface area contributed by atoms with E-state index in [-0.39, 0.29) is 0 Å². The molecule has 2 rings (SSSR count). The molecule has 0 aliphatic carbocycles. The molecule has 0 spiro atoms. The van der Waals surface area contributed by atoms with Gasteiger partial charge in [-0.25, -0.2) is 0 Å². The lowest BCUT2D eigenvalue weighted by molar-refractivity contribution is 0.192. The van der Waals surface area contributed by atoms with Gasteiger partial charge in [0.25, 0.3) is 0 Å². The third-order valence-corrected chi connectivity index (χ3v) is 3.85. The first kappa shape index (κ1) is 10.2. The zero-order valence-electron chi connectivity index (χ0n) is 6.91. The van der Waals surface area contributed by atoms with Gasteiger partial charge in [0.05, 0.1) is 20.6 Å². The molecule has 5 heteroatoms. The molecule has 1 atom stereocenters. The summed E-state index contributed by atoms with van der Waals surface area (Å²) in [4.78, 5) is 0.697. The van der Waals surface area contributed by atoms with Crippen LogP contribution in [0.5, 0.6) is 0 Å². The number of hydrogen-bond donors (Lipinski definition) is 1. The molecule has 2 aromatic rings. The van der Waals surface area contributed by atoms with Crippen LogP contribution in [0.15, 0.2) is 32.7 Å². The average molecular weight is 294 g/mol. The highest BCUT2D eigenvalue weighted by Crippen LogP contribution is 2.35. The molecule has 1 unspecified atom stereocenters. The maximum atomic E-state index is 9.93. The van der Waals surface area contributed by atoms with Gasteiger partial charge in [-0.2, -0.15) is 0 Å². The summed E-state index contributed by atoms with van der Waals surface area (Å²) in [6, 6.07) is 3.49. The number of aliphatic hydroxyl groups excluding tert-OH is 1. The molecule has 0 saturated carbocycles. The minimum absolute atomic E-state index is 0.481. The smallest absolute Gasteiger partial charge is 0.151 e. The molecule has 1 N–H and O–H groups in total. The zero-order chi connectivity index (χ0) is 10.1. The molecule has 0 aliphatic rings. The lowest BCUT2D eigenvalue weighted by Gasteiger charge is -2.06. The molecule has 0 aromatic carbocycles. The van der Waals surface area contributed by atoms with Crippen molar-refractivity contribution in [1.29, 1.82) is 0 Å². The van der Waals surface area contributed by atoms with Gasteiger partial charge in [-0.1, -0.05) is 11.6 Å². The Bertz CT molecular complexity index is 397. The summed E-state index contributed by atoms with van der Waals surface area (Å²) >= 11 is 10.6. The zero-order valence-corrected chi connectivity index (χ0v) is 10.1. The number of thiophene rings is 1. The lowest BCUT2D eigenvalue weighted by Crippen LogP contribution is -1.96. The van der Waals surface area contributed by atoms with Gasteiger partial charge in [-0.05, 0) is 33.4 Å². The van der Waals surface area contributed by atoms with Crippen LogP contribution in [-0.4, -0.2) is 5.11 Å². The van der Waals surface area contributed by atoms with Crippen molar-refractivity contribution >= 4 is 38.9 Å². The van der Waals surface area contributed by atoms with Gasteiger partial charge in [0.15, 0.2) is 5.76 Å². The van der Waals surface area contributed by atoms with Gasteiger partial charge in [-0.15, -0.1) is 11.3 Å². The second kappa shape index (κ2) is 4.06. The maximum Gasteiger partial charge on any atom is 0.151 e. The second-order valence-electron chi connectivity index (χ2n) is 2.67. The van der Waals surface area contributed by atoms with Crippen LogP contribution in [0.25, 0.3) is 0 Å². The molecule has 2 heterocycles. The molecule has 0 radical (unpaired) electrons. The summed E-state index contributed by atoms with van der Waals surface area (Å²) in [6.07, 6.45) is 0.719. The van der Waals surface area contributed by atoms with Crippen molar-refractivity contribution in [3.05, 3.63) is 43.9 Å². The van der Waals surface area contributed by atoms with Crippen molar-refractivity contribution in [2.45, 2.75) is 6.10 Å². The first-order valence-electron chi connectivity index (χ1n) is 3.84. The number of hydrogen-bond acceptors (Lipinski definition) is 3. The Hall–Kier alpha value is -0.290. The van der Waals surface area contributed by atoms with Crippen LogP contribution in [0.2, 0.25) is 5.02 Å². The van der Waals surface area contributed by atoms with Crippen LogP contribution >= 0.6 is 38.9 Å². The van der Waals surface area contributed by atoms with E-state index in [1.807, 2.05) is 5.38 Å². The SMILES string of the molecule is OC(c1occc1Br)c1sccc1Cl. The summed E-state index contributed by atoms with van der Waals surface area (Å²) < 4.78 is 5.90. The highest BCUT2D eigenvalue weighted by molar-refractivity contribution is 9.10. The van der Waals surface area contributed by atoms with Crippen molar-refractivity contribution < 1.29 is 9.52 Å². The molecule has 14 heavy (non-hydrogen) atoms. The van der Waals surface area contributed by atoms with E-state index in [0.29, 0.717) is 15.7 Å². The van der Waals surface area contributed by atoms with E-state index in [0.717, 1.165) is 4.47 Å². The molecule has 0 saturated heterocycles. The van der Waals surface area contributed by atoms with Crippen molar-refractivity contribution in [2.75, 3.05) is 0 Å². The van der Waals surface area contributed by atoms with Crippen molar-refractivity contribution in [3.8, 4) is 0 Å². The van der Waals surface area contributed by atoms with Crippen LogP contribution in [-0.2, 0) is 0 Å². The average Bonchev–Trinajstić information content (AvgIpc) is 2.73. The van der Waals surface area contributed by atoms with E-state index >= 15 is 0 Å². The van der Waals surface area contributed by atoms with Crippen LogP contribution in [0.4, 0.5) is 0 Å². The Balaban J connectivity index is 2.38. The molecular weight excluding hydrogens is 288 g/mol. The standard InChI is InChI=1S/C9H6BrClO2S/c10-5-1-3-13-8(5)7(12)9-6(11)2-4-14-9/h1-4,7,12H. The van der Waals surface area contributed by atoms with E-state index in [2.05, 4.69) is 15.9 Å². The fourth-order valence-electron chi connectivity index (χ4n) is 1.12. The maximum absolute atomic E-state index is 9.93. The summed E-state index contributed by atoms with van der Waals surface area (Å²) in [5, 5.41) is 12.3. The van der Waals surface area contributed by atoms with Gasteiger partial charge in [0, 0.05) is 0 Å². The third-order valence-electron chi connectivity index (χ3n) is 1.79. The third kappa shape index (κ3) is 1.75. The number of halogens is 2. The first-order chi connectivity index (χ1) is 6.70. The quantitative estimate of drug-likeness (QED) is 0.912. The van der Waals surface area contributed by atoms with Crippen LogP contribution in [0.1, 0.15) is 16.7 Å². The number of aliphatic hydroxyl groups is 1. The minimum Gasteiger partial charge on any atom is -0.465 e. The van der Waals surface area contributed by atoms with Crippen molar-refractivity contribution in [1.82, 2.24) is 0 Å². The van der Waals surface area contributed by atoms with Gasteiger partial charge in [0.2, 0.25) is 0 Å². The Morgan fingerprint density at radius 1 is 1.50 bits per heavy atom. The summed E-state index contributed by atoms with van der Waals surface area (Å²) in [6.45, 7) is 0. The largest absolute Gasteiger partial charge is 0.465 e. The molecule has 0 aliphatic heterocycles. The monoisotopic (exact) mass is 292 g/mol. The molecule has 0 fully saturated rings. The number of rotatable bonds is 2. The van der Waals surface area contributed by atoms with Gasteiger partial charge in [-0.3, -0.25) is 0 Å². The lowest BCUT2D eigenvalue weighted by atomic mass is 10.2. The number of furan rings is 1. The Labute approximate surface area is 98.3 Å². The predicted octanol–water partition coefficient (Wildman–Crippen LogP) is 3.84. The van der Waals surface area contributed by atoms with Gasteiger partial charge >= 0.3 is 0 Å². The van der Waals surface area contributed by atoms with Crippen LogP contribution in [0.3, 0.4) is 0 Å². The Morgan fingerprint density at radius 2 is 2.29 bits per heavy atom. The Kier molecular flexibility index (Phi) is 2.97. The molecule has 2 nitrogen and oxygen atoms in total. The highest BCUT2D eigenvalue weighted by atomic mass is 79.9. The fourth-order valence-corrected chi connectivity index (χ4v) is 2.68. The van der Waals surface area contributed by atoms with Crippen molar-refractivity contribution in [2.24, 2.45) is 0 Å². The second-order valence-corrected chi connectivity index (χ2v) is 4.88. The van der Waals surface area contributed by atoms with Crippen LogP contribution in [0, 0.1) is 0 Å². The molecule has 0 amide bonds. The normalized spacial score (nSPS) is 13.1. The first-order valence-corrected chi connectivity index (χ1v) is 5.89. The summed E-state index contributed by atoms with van der Waals surface area (Å²) in [5.41, 5.74) is 0. The summed E-state index contributed by atoms with van der Waals surface area (Å²) in [7, 11) is 0. The van der Waals surface area contributed by atoms with E-state index in [1.54, 1.807) is 12.1 Å². The van der Waals surface area contributed by atoms with E-state index in [4.69, 9.17) is 16.0 Å². The van der Waals surface area contributed by atoms with E-state index < -0.39 is 6.10 Å². The fraction of sp³-hybridized carbons (Fsp3) is 0.111. The van der Waals surface area contributed by atoms with E-state index in [1.165, 1.54) is 17.6 Å². The van der Waals surface area contributed by atoms with E-state index in [9.17, 15) is 5.11 Å². The molecule has 74 valence electrons.